The van der Waals surface area contributed by atoms with Crippen molar-refractivity contribution in [3.63, 3.8) is 0 Å². The van der Waals surface area contributed by atoms with Gasteiger partial charge in [0, 0.05) is 6.42 Å². The minimum atomic E-state index is -1.69. The monoisotopic (exact) mass is 452 g/mol. The molecule has 1 aliphatic heterocycles. The molecule has 1 fully saturated rings. The summed E-state index contributed by atoms with van der Waals surface area (Å²) in [5, 5.41) is 40.1. The van der Waals surface area contributed by atoms with Gasteiger partial charge in [-0.15, -0.1) is 0 Å². The third-order valence-corrected chi connectivity index (χ3v) is 6.52. The fourth-order valence-electron chi connectivity index (χ4n) is 4.63. The minimum Gasteiger partial charge on any atom is -0.479 e. The molecule has 0 aromatic heterocycles. The van der Waals surface area contributed by atoms with Crippen molar-refractivity contribution in [1.82, 2.24) is 0 Å². The van der Waals surface area contributed by atoms with Crippen LogP contribution in [0.25, 0.3) is 17.7 Å². The van der Waals surface area contributed by atoms with Gasteiger partial charge in [-0.1, -0.05) is 66.8 Å². The molecule has 7 nitrogen and oxygen atoms in total. The number of carboxylic acid groups (broad SMARTS) is 1. The lowest BCUT2D eigenvalue weighted by atomic mass is 9.92. The van der Waals surface area contributed by atoms with Gasteiger partial charge in [0.15, 0.2) is 12.2 Å². The molecule has 33 heavy (non-hydrogen) atoms. The molecule has 0 amide bonds. The van der Waals surface area contributed by atoms with Crippen molar-refractivity contribution in [3.8, 4) is 0 Å². The van der Waals surface area contributed by atoms with E-state index in [9.17, 15) is 25.2 Å². The van der Waals surface area contributed by atoms with Crippen LogP contribution in [0.2, 0.25) is 0 Å². The Morgan fingerprint density at radius 2 is 1.45 bits per heavy atom. The van der Waals surface area contributed by atoms with E-state index >= 15 is 0 Å². The van der Waals surface area contributed by atoms with Crippen LogP contribution >= 0.6 is 0 Å². The van der Waals surface area contributed by atoms with E-state index in [4.69, 9.17) is 4.74 Å². The van der Waals surface area contributed by atoms with Crippen LogP contribution in [0, 0.1) is 0 Å². The summed E-state index contributed by atoms with van der Waals surface area (Å²) in [7, 11) is 3.62. The summed E-state index contributed by atoms with van der Waals surface area (Å²) in [6.45, 7) is 0.512. The van der Waals surface area contributed by atoms with E-state index in [2.05, 4.69) is 42.5 Å². The average Bonchev–Trinajstić information content (AvgIpc) is 2.94. The fraction of sp³-hybridized carbons (Fsp3) is 0.346. The smallest absolute Gasteiger partial charge is 0.335 e. The Bertz CT molecular complexity index is 1040. The second kappa shape index (κ2) is 9.21. The number of carbonyl (C=O) groups is 1. The molecule has 0 spiro atoms. The van der Waals surface area contributed by atoms with E-state index in [-0.39, 0.29) is 4.48 Å². The van der Waals surface area contributed by atoms with Gasteiger partial charge >= 0.3 is 5.97 Å². The molecular weight excluding hydrogens is 422 g/mol. The quantitative estimate of drug-likeness (QED) is 0.441. The zero-order valence-electron chi connectivity index (χ0n) is 18.7. The first-order valence-corrected chi connectivity index (χ1v) is 11.0. The molecule has 2 aliphatic rings. The number of quaternary nitrogens is 1. The summed E-state index contributed by atoms with van der Waals surface area (Å²) >= 11 is 0. The van der Waals surface area contributed by atoms with E-state index in [0.29, 0.717) is 13.0 Å². The molecule has 0 radical (unpaired) electrons. The Morgan fingerprint density at radius 3 is 2.00 bits per heavy atom. The lowest BCUT2D eigenvalue weighted by Gasteiger charge is -2.46. The van der Waals surface area contributed by atoms with Gasteiger partial charge in [-0.2, -0.15) is 0 Å². The molecule has 174 valence electrons. The predicted octanol–water partition coefficient (Wildman–Crippen LogP) is 1.96. The molecule has 1 aliphatic carbocycles. The highest BCUT2D eigenvalue weighted by Gasteiger charge is 2.52. The van der Waals surface area contributed by atoms with E-state index in [1.165, 1.54) is 0 Å². The standard InChI is InChI=1S/C26H29NO6/c1-27(2,25-23(30)21(28)22(29)24(33-25)26(31)32)15-7-12-20-18-10-5-3-8-16(18)13-14-17-9-4-6-11-19(17)20/h3-6,8-14,21-25,28-30H,7,15H2,1-2H3/p+1/t21-,22-,23+,24-,25+/m1/s1. The van der Waals surface area contributed by atoms with Gasteiger partial charge < -0.3 is 29.6 Å². The zero-order valence-corrected chi connectivity index (χ0v) is 18.7. The van der Waals surface area contributed by atoms with Crippen molar-refractivity contribution in [2.45, 2.75) is 37.1 Å². The molecule has 2 aromatic rings. The molecule has 4 rings (SSSR count). The van der Waals surface area contributed by atoms with Crippen molar-refractivity contribution in [2.75, 3.05) is 20.6 Å². The number of benzene rings is 2. The highest BCUT2D eigenvalue weighted by molar-refractivity contribution is 5.93. The van der Waals surface area contributed by atoms with E-state index in [1.54, 1.807) is 0 Å². The van der Waals surface area contributed by atoms with E-state index in [0.717, 1.165) is 27.8 Å². The first kappa shape index (κ1) is 23.4. The summed E-state index contributed by atoms with van der Waals surface area (Å²) in [5.74, 6) is -1.38. The first-order valence-electron chi connectivity index (χ1n) is 11.0. The van der Waals surface area contributed by atoms with Gasteiger partial charge in [-0.05, 0) is 27.8 Å². The third kappa shape index (κ3) is 4.51. The summed E-state index contributed by atoms with van der Waals surface area (Å²) in [6, 6.07) is 16.4. The Balaban J connectivity index is 1.60. The van der Waals surface area contributed by atoms with E-state index < -0.39 is 36.6 Å². The molecule has 2 aromatic carbocycles. The molecule has 7 heteroatoms. The third-order valence-electron chi connectivity index (χ3n) is 6.52. The number of aliphatic hydroxyl groups is 3. The number of aliphatic hydroxyl groups excluding tert-OH is 3. The number of aliphatic carboxylic acids is 1. The van der Waals surface area contributed by atoms with Crippen LogP contribution in [-0.4, -0.2) is 82.2 Å². The Hall–Kier alpha value is -2.81. The molecule has 1 heterocycles. The molecule has 0 saturated carbocycles. The van der Waals surface area contributed by atoms with Gasteiger partial charge in [0.2, 0.25) is 6.23 Å². The number of nitrogens with zero attached hydrogens (tertiary/aromatic N) is 1. The van der Waals surface area contributed by atoms with Crippen LogP contribution in [-0.2, 0) is 9.53 Å². The second-order valence-electron chi connectivity index (χ2n) is 9.17. The SMILES string of the molecule is C[N+](C)(CCC=C1c2ccccc2C=Cc2ccccc21)[C@H]1O[C@@H](C(=O)O)[C@H](O)[C@@H](O)[C@@H]1O. The van der Waals surface area contributed by atoms with Crippen LogP contribution in [0.15, 0.2) is 54.6 Å². The molecular formula is C26H30NO6+. The van der Waals surface area contributed by atoms with Crippen molar-refractivity contribution in [3.05, 3.63) is 76.9 Å². The zero-order chi connectivity index (χ0) is 23.8. The molecule has 0 bridgehead atoms. The first-order chi connectivity index (χ1) is 15.7. The number of hydrogen-bond acceptors (Lipinski definition) is 5. The number of rotatable bonds is 5. The maximum Gasteiger partial charge on any atom is 0.335 e. The largest absolute Gasteiger partial charge is 0.479 e. The molecule has 1 saturated heterocycles. The van der Waals surface area contributed by atoms with Gasteiger partial charge in [-0.25, -0.2) is 4.79 Å². The lowest BCUT2D eigenvalue weighted by molar-refractivity contribution is -0.944. The van der Waals surface area contributed by atoms with Gasteiger partial charge in [0.25, 0.3) is 0 Å². The van der Waals surface area contributed by atoms with Gasteiger partial charge in [0.05, 0.1) is 20.6 Å². The fourth-order valence-corrected chi connectivity index (χ4v) is 4.63. The topological polar surface area (TPSA) is 107 Å². The summed E-state index contributed by atoms with van der Waals surface area (Å²) in [4.78, 5) is 11.5. The van der Waals surface area contributed by atoms with Crippen LogP contribution in [0.3, 0.4) is 0 Å². The number of ether oxygens (including phenoxy) is 1. The predicted molar refractivity (Wildman–Crippen MR) is 125 cm³/mol. The summed E-state index contributed by atoms with van der Waals surface area (Å²) < 4.78 is 5.68. The normalized spacial score (nSPS) is 26.8. The maximum atomic E-state index is 11.5. The van der Waals surface area contributed by atoms with Crippen molar-refractivity contribution in [2.24, 2.45) is 0 Å². The number of fused-ring (bicyclic) bond motifs is 2. The Kier molecular flexibility index (Phi) is 6.52. The minimum absolute atomic E-state index is 0.111. The number of hydrogen-bond donors (Lipinski definition) is 4. The van der Waals surface area contributed by atoms with Crippen LogP contribution < -0.4 is 0 Å². The van der Waals surface area contributed by atoms with Crippen molar-refractivity contribution < 1.29 is 34.4 Å². The van der Waals surface area contributed by atoms with E-state index in [1.807, 2.05) is 38.4 Å². The molecule has 0 unspecified atom stereocenters. The van der Waals surface area contributed by atoms with Gasteiger partial charge in [-0.3, -0.25) is 0 Å². The lowest BCUT2D eigenvalue weighted by Crippen LogP contribution is -2.68. The number of carboxylic acids is 1. The van der Waals surface area contributed by atoms with Crippen LogP contribution in [0.4, 0.5) is 0 Å². The van der Waals surface area contributed by atoms with Crippen molar-refractivity contribution in [1.29, 1.82) is 0 Å². The Morgan fingerprint density at radius 1 is 0.909 bits per heavy atom. The Labute approximate surface area is 193 Å². The average molecular weight is 453 g/mol. The summed E-state index contributed by atoms with van der Waals surface area (Å²) in [5.41, 5.74) is 5.61. The highest BCUT2D eigenvalue weighted by atomic mass is 16.6. The van der Waals surface area contributed by atoms with Crippen LogP contribution in [0.5, 0.6) is 0 Å². The van der Waals surface area contributed by atoms with Gasteiger partial charge in [0.1, 0.15) is 12.2 Å². The summed E-state index contributed by atoms with van der Waals surface area (Å²) in [6.07, 6.45) is -0.321. The highest BCUT2D eigenvalue weighted by Crippen LogP contribution is 2.34. The number of likely N-dealkylation sites (N-methyl/N-ethyl adjacent to an activating group) is 1. The van der Waals surface area contributed by atoms with Crippen LogP contribution in [0.1, 0.15) is 28.7 Å². The maximum absolute atomic E-state index is 11.5. The second-order valence-corrected chi connectivity index (χ2v) is 9.17. The molecule has 4 N–H and O–H groups in total. The molecule has 5 atom stereocenters. The van der Waals surface area contributed by atoms with Crippen molar-refractivity contribution >= 4 is 23.7 Å².